The monoisotopic (exact) mass is 259 g/mol. The zero-order valence-corrected chi connectivity index (χ0v) is 11.9. The second-order valence-electron chi connectivity index (χ2n) is 5.86. The Hall–Kier alpha value is -1.22. The molecule has 0 bridgehead atoms. The molecule has 104 valence electrons. The lowest BCUT2D eigenvalue weighted by atomic mass is 10.1. The zero-order valence-electron chi connectivity index (χ0n) is 11.9. The predicted octanol–water partition coefficient (Wildman–Crippen LogP) is 2.47. The van der Waals surface area contributed by atoms with Gasteiger partial charge in [0.2, 0.25) is 0 Å². The molecule has 3 nitrogen and oxygen atoms in total. The molecule has 1 saturated heterocycles. The van der Waals surface area contributed by atoms with Gasteiger partial charge in [0.1, 0.15) is 0 Å². The topological polar surface area (TPSA) is 18.5 Å². The number of likely N-dealkylation sites (N-methyl/N-ethyl adjacent to an activating group) is 1. The van der Waals surface area contributed by atoms with E-state index in [-0.39, 0.29) is 0 Å². The first kappa shape index (κ1) is 12.8. The van der Waals surface area contributed by atoms with Crippen LogP contribution in [-0.4, -0.2) is 39.3 Å². The molecule has 3 heteroatoms. The van der Waals surface area contributed by atoms with Crippen molar-refractivity contribution in [3.63, 3.8) is 0 Å². The fraction of sp³-hybridized carbons (Fsp3) is 0.625. The first-order valence-corrected chi connectivity index (χ1v) is 7.63. The van der Waals surface area contributed by atoms with E-state index in [1.54, 1.807) is 0 Å². The number of hydrogen-bond acceptors (Lipinski definition) is 3. The van der Waals surface area contributed by atoms with Gasteiger partial charge in [-0.1, -0.05) is 25.0 Å². The SMILES string of the molecule is CN1CCN(CC2CCCCCN2)c2ccccc21. The molecule has 0 aromatic heterocycles. The third kappa shape index (κ3) is 2.86. The van der Waals surface area contributed by atoms with E-state index in [1.807, 2.05) is 0 Å². The smallest absolute Gasteiger partial charge is 0.0605 e. The Morgan fingerprint density at radius 2 is 1.95 bits per heavy atom. The minimum absolute atomic E-state index is 0.666. The van der Waals surface area contributed by atoms with Crippen LogP contribution in [-0.2, 0) is 0 Å². The van der Waals surface area contributed by atoms with Gasteiger partial charge in [-0.3, -0.25) is 0 Å². The van der Waals surface area contributed by atoms with Crippen molar-refractivity contribution in [2.75, 3.05) is 43.0 Å². The number of anilines is 2. The summed E-state index contributed by atoms with van der Waals surface area (Å²) in [4.78, 5) is 4.94. The molecule has 1 fully saturated rings. The molecule has 3 rings (SSSR count). The van der Waals surface area contributed by atoms with Gasteiger partial charge < -0.3 is 15.1 Å². The summed E-state index contributed by atoms with van der Waals surface area (Å²) in [6.07, 6.45) is 5.44. The third-order valence-electron chi connectivity index (χ3n) is 4.44. The molecule has 1 N–H and O–H groups in total. The summed E-state index contributed by atoms with van der Waals surface area (Å²) in [6, 6.07) is 9.47. The van der Waals surface area contributed by atoms with Crippen LogP contribution in [0.25, 0.3) is 0 Å². The van der Waals surface area contributed by atoms with Gasteiger partial charge in [0, 0.05) is 32.7 Å². The Morgan fingerprint density at radius 1 is 1.11 bits per heavy atom. The summed E-state index contributed by atoms with van der Waals surface area (Å²) < 4.78 is 0. The standard InChI is InChI=1S/C16H25N3/c1-18-11-12-19(16-9-5-4-8-15(16)18)13-14-7-3-2-6-10-17-14/h4-5,8-9,14,17H,2-3,6-7,10-13H2,1H3. The van der Waals surface area contributed by atoms with Crippen molar-refractivity contribution < 1.29 is 0 Å². The Bertz CT molecular complexity index is 410. The zero-order chi connectivity index (χ0) is 13.1. The van der Waals surface area contributed by atoms with E-state index in [0.717, 1.165) is 19.6 Å². The highest BCUT2D eigenvalue weighted by Gasteiger charge is 2.22. The van der Waals surface area contributed by atoms with Gasteiger partial charge in [0.25, 0.3) is 0 Å². The average molecular weight is 259 g/mol. The molecule has 2 aliphatic heterocycles. The molecule has 0 amide bonds. The van der Waals surface area contributed by atoms with Gasteiger partial charge in [-0.05, 0) is 31.5 Å². The van der Waals surface area contributed by atoms with Gasteiger partial charge in [-0.25, -0.2) is 0 Å². The molecule has 0 saturated carbocycles. The summed E-state index contributed by atoms with van der Waals surface area (Å²) in [5, 5.41) is 3.72. The molecular formula is C16H25N3. The van der Waals surface area contributed by atoms with Gasteiger partial charge in [0.15, 0.2) is 0 Å². The van der Waals surface area contributed by atoms with E-state index in [1.165, 1.54) is 43.6 Å². The fourth-order valence-electron chi connectivity index (χ4n) is 3.28. The van der Waals surface area contributed by atoms with E-state index in [4.69, 9.17) is 0 Å². The van der Waals surface area contributed by atoms with E-state index in [9.17, 15) is 0 Å². The van der Waals surface area contributed by atoms with Crippen molar-refractivity contribution in [2.45, 2.75) is 31.7 Å². The average Bonchev–Trinajstić information content (AvgIpc) is 2.71. The van der Waals surface area contributed by atoms with Crippen molar-refractivity contribution in [1.82, 2.24) is 5.32 Å². The van der Waals surface area contributed by atoms with Crippen LogP contribution in [0.15, 0.2) is 24.3 Å². The van der Waals surface area contributed by atoms with Crippen molar-refractivity contribution in [3.8, 4) is 0 Å². The highest BCUT2D eigenvalue weighted by atomic mass is 15.3. The van der Waals surface area contributed by atoms with E-state index in [2.05, 4.69) is 46.4 Å². The molecule has 1 aromatic rings. The molecule has 2 aliphatic rings. The summed E-state index contributed by atoms with van der Waals surface area (Å²) in [5.41, 5.74) is 2.78. The van der Waals surface area contributed by atoms with Crippen LogP contribution < -0.4 is 15.1 Å². The number of rotatable bonds is 2. The van der Waals surface area contributed by atoms with Crippen LogP contribution in [0.2, 0.25) is 0 Å². The number of hydrogen-bond donors (Lipinski definition) is 1. The lowest BCUT2D eigenvalue weighted by Crippen LogP contribution is -2.46. The maximum Gasteiger partial charge on any atom is 0.0605 e. The van der Waals surface area contributed by atoms with Gasteiger partial charge in [0.05, 0.1) is 11.4 Å². The van der Waals surface area contributed by atoms with Crippen LogP contribution >= 0.6 is 0 Å². The fourth-order valence-corrected chi connectivity index (χ4v) is 3.28. The second-order valence-corrected chi connectivity index (χ2v) is 5.86. The van der Waals surface area contributed by atoms with E-state index < -0.39 is 0 Å². The summed E-state index contributed by atoms with van der Waals surface area (Å²) in [7, 11) is 2.19. The van der Waals surface area contributed by atoms with Crippen molar-refractivity contribution in [2.24, 2.45) is 0 Å². The van der Waals surface area contributed by atoms with Gasteiger partial charge in [-0.2, -0.15) is 0 Å². The van der Waals surface area contributed by atoms with Gasteiger partial charge >= 0.3 is 0 Å². The van der Waals surface area contributed by atoms with Crippen molar-refractivity contribution in [3.05, 3.63) is 24.3 Å². The molecule has 1 atom stereocenters. The van der Waals surface area contributed by atoms with Crippen LogP contribution in [0.3, 0.4) is 0 Å². The molecule has 0 radical (unpaired) electrons. The first-order valence-electron chi connectivity index (χ1n) is 7.63. The quantitative estimate of drug-likeness (QED) is 0.880. The Labute approximate surface area is 116 Å². The molecule has 0 aliphatic carbocycles. The largest absolute Gasteiger partial charge is 0.371 e. The normalized spacial score (nSPS) is 23.9. The highest BCUT2D eigenvalue weighted by molar-refractivity contribution is 5.73. The van der Waals surface area contributed by atoms with Crippen molar-refractivity contribution in [1.29, 1.82) is 0 Å². The maximum absolute atomic E-state index is 3.72. The van der Waals surface area contributed by atoms with Gasteiger partial charge in [-0.15, -0.1) is 0 Å². The van der Waals surface area contributed by atoms with E-state index >= 15 is 0 Å². The van der Waals surface area contributed by atoms with Crippen LogP contribution in [0, 0.1) is 0 Å². The van der Waals surface area contributed by atoms with Crippen LogP contribution in [0.4, 0.5) is 11.4 Å². The molecular weight excluding hydrogens is 234 g/mol. The molecule has 1 aromatic carbocycles. The Balaban J connectivity index is 1.73. The first-order chi connectivity index (χ1) is 9.34. The predicted molar refractivity (Wildman–Crippen MR) is 82.2 cm³/mol. The Morgan fingerprint density at radius 3 is 2.84 bits per heavy atom. The minimum Gasteiger partial charge on any atom is -0.371 e. The Kier molecular flexibility index (Phi) is 3.92. The van der Waals surface area contributed by atoms with E-state index in [0.29, 0.717) is 6.04 Å². The maximum atomic E-state index is 3.72. The summed E-state index contributed by atoms with van der Waals surface area (Å²) in [5.74, 6) is 0. The number of nitrogens with one attached hydrogen (secondary N) is 1. The molecule has 1 unspecified atom stereocenters. The minimum atomic E-state index is 0.666. The molecule has 2 heterocycles. The third-order valence-corrected chi connectivity index (χ3v) is 4.44. The highest BCUT2D eigenvalue weighted by Crippen LogP contribution is 2.32. The molecule has 0 spiro atoms. The summed E-state index contributed by atoms with van der Waals surface area (Å²) >= 11 is 0. The molecule has 19 heavy (non-hydrogen) atoms. The lowest BCUT2D eigenvalue weighted by Gasteiger charge is -2.38. The van der Waals surface area contributed by atoms with Crippen molar-refractivity contribution >= 4 is 11.4 Å². The lowest BCUT2D eigenvalue weighted by molar-refractivity contribution is 0.497. The number of benzene rings is 1. The second kappa shape index (κ2) is 5.83. The van der Waals surface area contributed by atoms with Crippen LogP contribution in [0.5, 0.6) is 0 Å². The van der Waals surface area contributed by atoms with Crippen LogP contribution in [0.1, 0.15) is 25.7 Å². The number of nitrogens with zero attached hydrogens (tertiary/aromatic N) is 2. The number of fused-ring (bicyclic) bond motifs is 1. The summed E-state index contributed by atoms with van der Waals surface area (Å²) in [6.45, 7) is 4.63. The number of para-hydroxylation sites is 2.